The average molecular weight is 727 g/mol. The molecule has 0 spiro atoms. The zero-order chi connectivity index (χ0) is 37.8. The minimum atomic E-state index is -0.508. The molecule has 0 N–H and O–H groups in total. The Balaban J connectivity index is 1.21. The summed E-state index contributed by atoms with van der Waals surface area (Å²) in [5.74, 6) is 0. The zero-order valence-electron chi connectivity index (χ0n) is 31.3. The molecule has 268 valence electrons. The highest BCUT2D eigenvalue weighted by Gasteiger charge is 2.46. The maximum absolute atomic E-state index is 2.46. The van der Waals surface area contributed by atoms with Crippen LogP contribution in [0.15, 0.2) is 231 Å². The van der Waals surface area contributed by atoms with Crippen LogP contribution in [-0.2, 0) is 5.41 Å². The summed E-state index contributed by atoms with van der Waals surface area (Å²) < 4.78 is 2.46. The SMILES string of the molecule is c1ccc(-c2cccc(-n3c4ccccc4c4cccc(N(c5ccccc5)c5ccc6c(c5)C(c5ccccc5)(c5ccccc5)c5ccccc5-6)c43)c2)cc1. The van der Waals surface area contributed by atoms with E-state index in [-0.39, 0.29) is 0 Å². The fourth-order valence-electron chi connectivity index (χ4n) is 9.48. The number of rotatable bonds is 7. The molecule has 2 heteroatoms. The van der Waals surface area contributed by atoms with Crippen LogP contribution in [0, 0.1) is 0 Å². The van der Waals surface area contributed by atoms with Crippen molar-refractivity contribution in [2.45, 2.75) is 5.41 Å². The maximum Gasteiger partial charge on any atom is 0.0782 e. The molecule has 0 saturated heterocycles. The molecular weight excluding hydrogens is 689 g/mol. The molecule has 0 atom stereocenters. The largest absolute Gasteiger partial charge is 0.308 e. The van der Waals surface area contributed by atoms with Crippen molar-refractivity contribution in [1.82, 2.24) is 4.57 Å². The minimum Gasteiger partial charge on any atom is -0.308 e. The van der Waals surface area contributed by atoms with E-state index < -0.39 is 5.41 Å². The van der Waals surface area contributed by atoms with Gasteiger partial charge >= 0.3 is 0 Å². The van der Waals surface area contributed by atoms with Gasteiger partial charge in [-0.1, -0.05) is 182 Å². The van der Waals surface area contributed by atoms with Crippen molar-refractivity contribution in [3.63, 3.8) is 0 Å². The van der Waals surface area contributed by atoms with E-state index in [9.17, 15) is 0 Å². The van der Waals surface area contributed by atoms with Crippen LogP contribution in [0.4, 0.5) is 17.1 Å². The molecule has 1 aliphatic rings. The third kappa shape index (κ3) is 5.11. The van der Waals surface area contributed by atoms with Crippen molar-refractivity contribution in [1.29, 1.82) is 0 Å². The standard InChI is InChI=1S/C55H38N2/c1-5-19-39(20-6-1)40-21-17-28-44(37-40)57-52-33-16-14-30-48(52)49-31-18-34-53(54(49)57)56(43-26-11-4-12-27-43)45-35-36-47-46-29-13-15-32-50(46)55(51(47)38-45,41-22-7-2-8-23-41)42-24-9-3-10-25-42/h1-38H. The molecule has 0 aliphatic heterocycles. The molecule has 0 unspecified atom stereocenters. The highest BCUT2D eigenvalue weighted by atomic mass is 15.2. The molecule has 1 aromatic heterocycles. The minimum absolute atomic E-state index is 0.508. The fourth-order valence-corrected chi connectivity index (χ4v) is 9.48. The number of hydrogen-bond donors (Lipinski definition) is 0. The predicted molar refractivity (Wildman–Crippen MR) is 238 cm³/mol. The van der Waals surface area contributed by atoms with Crippen LogP contribution in [0.1, 0.15) is 22.3 Å². The lowest BCUT2D eigenvalue weighted by atomic mass is 9.67. The molecule has 0 radical (unpaired) electrons. The first-order valence-corrected chi connectivity index (χ1v) is 19.7. The second-order valence-electron chi connectivity index (χ2n) is 14.9. The second kappa shape index (κ2) is 13.4. The lowest BCUT2D eigenvalue weighted by Gasteiger charge is -2.35. The second-order valence-corrected chi connectivity index (χ2v) is 14.9. The van der Waals surface area contributed by atoms with Gasteiger partial charge in [0.25, 0.3) is 0 Å². The molecule has 0 amide bonds. The molecule has 57 heavy (non-hydrogen) atoms. The quantitative estimate of drug-likeness (QED) is 0.159. The monoisotopic (exact) mass is 726 g/mol. The van der Waals surface area contributed by atoms with Crippen LogP contribution >= 0.6 is 0 Å². The van der Waals surface area contributed by atoms with Crippen LogP contribution < -0.4 is 4.90 Å². The maximum atomic E-state index is 2.46. The van der Waals surface area contributed by atoms with Crippen molar-refractivity contribution in [3.05, 3.63) is 253 Å². The van der Waals surface area contributed by atoms with Crippen molar-refractivity contribution < 1.29 is 0 Å². The van der Waals surface area contributed by atoms with E-state index in [1.54, 1.807) is 0 Å². The Morgan fingerprint density at radius 1 is 0.368 bits per heavy atom. The first-order valence-electron chi connectivity index (χ1n) is 19.7. The summed E-state index contributed by atoms with van der Waals surface area (Å²) in [4.78, 5) is 2.46. The molecule has 11 rings (SSSR count). The summed E-state index contributed by atoms with van der Waals surface area (Å²) in [5, 5.41) is 2.44. The summed E-state index contributed by atoms with van der Waals surface area (Å²) in [5.41, 5.74) is 16.3. The van der Waals surface area contributed by atoms with E-state index in [0.717, 1.165) is 28.3 Å². The summed E-state index contributed by atoms with van der Waals surface area (Å²) in [6.45, 7) is 0. The topological polar surface area (TPSA) is 8.17 Å². The zero-order valence-corrected chi connectivity index (χ0v) is 31.3. The Morgan fingerprint density at radius 3 is 1.70 bits per heavy atom. The van der Waals surface area contributed by atoms with Gasteiger partial charge in [0.15, 0.2) is 0 Å². The number of anilines is 3. The molecular formula is C55H38N2. The van der Waals surface area contributed by atoms with E-state index >= 15 is 0 Å². The number of benzene rings is 9. The number of fused-ring (bicyclic) bond motifs is 6. The van der Waals surface area contributed by atoms with E-state index in [0.29, 0.717) is 0 Å². The Labute approximate surface area is 333 Å². The van der Waals surface area contributed by atoms with Gasteiger partial charge in [0.05, 0.1) is 22.1 Å². The highest BCUT2D eigenvalue weighted by Crippen LogP contribution is 2.57. The van der Waals surface area contributed by atoms with Crippen molar-refractivity contribution in [2.75, 3.05) is 4.90 Å². The van der Waals surface area contributed by atoms with Gasteiger partial charge in [-0.25, -0.2) is 0 Å². The average Bonchev–Trinajstić information content (AvgIpc) is 3.79. The van der Waals surface area contributed by atoms with Crippen LogP contribution in [0.3, 0.4) is 0 Å². The van der Waals surface area contributed by atoms with E-state index in [1.807, 2.05) is 0 Å². The number of para-hydroxylation sites is 3. The summed E-state index contributed by atoms with van der Waals surface area (Å²) >= 11 is 0. The molecule has 0 bridgehead atoms. The van der Waals surface area contributed by atoms with Gasteiger partial charge in [0, 0.05) is 27.8 Å². The number of aromatic nitrogens is 1. The molecule has 9 aromatic carbocycles. The highest BCUT2D eigenvalue weighted by molar-refractivity contribution is 6.14. The Bertz CT molecular complexity index is 3020. The third-order valence-corrected chi connectivity index (χ3v) is 11.8. The van der Waals surface area contributed by atoms with E-state index in [2.05, 4.69) is 240 Å². The summed E-state index contributed by atoms with van der Waals surface area (Å²) in [7, 11) is 0. The van der Waals surface area contributed by atoms with Gasteiger partial charge < -0.3 is 9.47 Å². The Hall–Kier alpha value is -7.42. The first kappa shape index (κ1) is 33.0. The van der Waals surface area contributed by atoms with E-state index in [1.165, 1.54) is 60.8 Å². The van der Waals surface area contributed by atoms with Crippen molar-refractivity contribution >= 4 is 38.9 Å². The molecule has 1 heterocycles. The van der Waals surface area contributed by atoms with Crippen LogP contribution in [0.5, 0.6) is 0 Å². The van der Waals surface area contributed by atoms with Crippen LogP contribution in [0.25, 0.3) is 49.7 Å². The summed E-state index contributed by atoms with van der Waals surface area (Å²) in [6.07, 6.45) is 0. The van der Waals surface area contributed by atoms with Crippen molar-refractivity contribution in [3.8, 4) is 27.9 Å². The summed E-state index contributed by atoms with van der Waals surface area (Å²) in [6, 6.07) is 84.3. The van der Waals surface area contributed by atoms with E-state index in [4.69, 9.17) is 0 Å². The van der Waals surface area contributed by atoms with Gasteiger partial charge in [-0.05, 0) is 93.0 Å². The lowest BCUT2D eigenvalue weighted by Crippen LogP contribution is -2.28. The number of hydrogen-bond acceptors (Lipinski definition) is 1. The van der Waals surface area contributed by atoms with Gasteiger partial charge in [-0.15, -0.1) is 0 Å². The smallest absolute Gasteiger partial charge is 0.0782 e. The predicted octanol–water partition coefficient (Wildman–Crippen LogP) is 14.3. The Kier molecular flexibility index (Phi) is 7.75. The molecule has 0 saturated carbocycles. The van der Waals surface area contributed by atoms with Gasteiger partial charge in [-0.3, -0.25) is 0 Å². The van der Waals surface area contributed by atoms with Gasteiger partial charge in [0.1, 0.15) is 0 Å². The van der Waals surface area contributed by atoms with Gasteiger partial charge in [-0.2, -0.15) is 0 Å². The lowest BCUT2D eigenvalue weighted by molar-refractivity contribution is 0.768. The molecule has 1 aliphatic carbocycles. The van der Waals surface area contributed by atoms with Crippen LogP contribution in [-0.4, -0.2) is 4.57 Å². The van der Waals surface area contributed by atoms with Gasteiger partial charge in [0.2, 0.25) is 0 Å². The molecule has 10 aromatic rings. The fraction of sp³-hybridized carbons (Fsp3) is 0.0182. The molecule has 2 nitrogen and oxygen atoms in total. The number of nitrogens with zero attached hydrogens (tertiary/aromatic N) is 2. The molecule has 0 fully saturated rings. The Morgan fingerprint density at radius 2 is 0.947 bits per heavy atom. The normalized spacial score (nSPS) is 12.7. The van der Waals surface area contributed by atoms with Crippen LogP contribution in [0.2, 0.25) is 0 Å². The van der Waals surface area contributed by atoms with Crippen molar-refractivity contribution in [2.24, 2.45) is 0 Å². The third-order valence-electron chi connectivity index (χ3n) is 11.8. The first-order chi connectivity index (χ1) is 28.3.